The Bertz CT molecular complexity index is 548. The van der Waals surface area contributed by atoms with Crippen LogP contribution >= 0.6 is 0 Å². The van der Waals surface area contributed by atoms with Crippen LogP contribution in [0.25, 0.3) is 11.1 Å². The first-order chi connectivity index (χ1) is 8.39. The van der Waals surface area contributed by atoms with Crippen LogP contribution in [0.1, 0.15) is 16.7 Å². The lowest BCUT2D eigenvalue weighted by molar-refractivity contribution is -0.137. The van der Waals surface area contributed by atoms with Gasteiger partial charge in [0.15, 0.2) is 0 Å². The molecule has 0 amide bonds. The van der Waals surface area contributed by atoms with Gasteiger partial charge in [-0.25, -0.2) is 0 Å². The van der Waals surface area contributed by atoms with E-state index in [0.29, 0.717) is 5.56 Å². The smallest absolute Gasteiger partial charge is 0.166 e. The van der Waals surface area contributed by atoms with Crippen molar-refractivity contribution < 1.29 is 13.2 Å². The van der Waals surface area contributed by atoms with Crippen LogP contribution in [-0.2, 0) is 6.18 Å². The average Bonchev–Trinajstić information content (AvgIpc) is 2.28. The minimum Gasteiger partial charge on any atom is -0.166 e. The van der Waals surface area contributed by atoms with E-state index in [9.17, 15) is 13.2 Å². The summed E-state index contributed by atoms with van der Waals surface area (Å²) < 4.78 is 38.1. The topological polar surface area (TPSA) is 0 Å². The van der Waals surface area contributed by atoms with Gasteiger partial charge in [-0.05, 0) is 48.2 Å². The largest absolute Gasteiger partial charge is 0.416 e. The normalized spacial score (nSPS) is 11.6. The summed E-state index contributed by atoms with van der Waals surface area (Å²) >= 11 is 0. The fourth-order valence-electron chi connectivity index (χ4n) is 2.12. The lowest BCUT2D eigenvalue weighted by Gasteiger charge is -2.12. The Morgan fingerprint density at radius 1 is 0.833 bits per heavy atom. The lowest BCUT2D eigenvalue weighted by Crippen LogP contribution is -2.04. The van der Waals surface area contributed by atoms with E-state index < -0.39 is 11.7 Å². The SMILES string of the molecule is Cc1cccc(C)c1-c1cccc(C(F)(F)F)c1. The zero-order chi connectivity index (χ0) is 13.3. The van der Waals surface area contributed by atoms with Crippen molar-refractivity contribution in [1.82, 2.24) is 0 Å². The highest BCUT2D eigenvalue weighted by molar-refractivity contribution is 5.71. The van der Waals surface area contributed by atoms with Gasteiger partial charge >= 0.3 is 6.18 Å². The Morgan fingerprint density at radius 3 is 1.94 bits per heavy atom. The third-order valence-corrected chi connectivity index (χ3v) is 2.96. The van der Waals surface area contributed by atoms with Gasteiger partial charge in [0.05, 0.1) is 5.56 Å². The van der Waals surface area contributed by atoms with Crippen LogP contribution in [-0.4, -0.2) is 0 Å². The van der Waals surface area contributed by atoms with E-state index >= 15 is 0 Å². The standard InChI is InChI=1S/C15H13F3/c1-10-5-3-6-11(2)14(10)12-7-4-8-13(9-12)15(16,17)18/h3-9H,1-2H3. The van der Waals surface area contributed by atoms with E-state index in [1.807, 2.05) is 32.0 Å². The molecule has 2 rings (SSSR count). The second-order valence-corrected chi connectivity index (χ2v) is 4.35. The van der Waals surface area contributed by atoms with E-state index in [1.54, 1.807) is 6.07 Å². The van der Waals surface area contributed by atoms with E-state index in [1.165, 1.54) is 12.1 Å². The third kappa shape index (κ3) is 2.40. The Kier molecular flexibility index (Phi) is 3.16. The number of rotatable bonds is 1. The first kappa shape index (κ1) is 12.7. The lowest BCUT2D eigenvalue weighted by atomic mass is 9.95. The van der Waals surface area contributed by atoms with E-state index in [-0.39, 0.29) is 0 Å². The average molecular weight is 250 g/mol. The molecule has 0 aliphatic heterocycles. The van der Waals surface area contributed by atoms with Crippen LogP contribution in [0.3, 0.4) is 0 Å². The maximum absolute atomic E-state index is 12.7. The monoisotopic (exact) mass is 250 g/mol. The number of hydrogen-bond acceptors (Lipinski definition) is 0. The van der Waals surface area contributed by atoms with Crippen molar-refractivity contribution >= 4 is 0 Å². The predicted octanol–water partition coefficient (Wildman–Crippen LogP) is 4.99. The molecular weight excluding hydrogens is 237 g/mol. The number of benzene rings is 2. The third-order valence-electron chi connectivity index (χ3n) is 2.96. The molecule has 0 saturated carbocycles. The molecular formula is C15H13F3. The Morgan fingerprint density at radius 2 is 1.39 bits per heavy atom. The van der Waals surface area contributed by atoms with Crippen molar-refractivity contribution in [3.63, 3.8) is 0 Å². The van der Waals surface area contributed by atoms with E-state index in [0.717, 1.165) is 22.8 Å². The molecule has 0 atom stereocenters. The molecule has 0 spiro atoms. The van der Waals surface area contributed by atoms with Gasteiger partial charge in [0, 0.05) is 0 Å². The summed E-state index contributed by atoms with van der Waals surface area (Å²) in [6, 6.07) is 11.2. The van der Waals surface area contributed by atoms with E-state index in [4.69, 9.17) is 0 Å². The number of hydrogen-bond donors (Lipinski definition) is 0. The second-order valence-electron chi connectivity index (χ2n) is 4.35. The summed E-state index contributed by atoms with van der Waals surface area (Å²) in [5.74, 6) is 0. The molecule has 94 valence electrons. The van der Waals surface area contributed by atoms with Gasteiger partial charge in [0.25, 0.3) is 0 Å². The maximum Gasteiger partial charge on any atom is 0.416 e. The molecule has 0 radical (unpaired) electrons. The summed E-state index contributed by atoms with van der Waals surface area (Å²) in [6.07, 6.45) is -4.30. The molecule has 0 fully saturated rings. The molecule has 0 unspecified atom stereocenters. The highest BCUT2D eigenvalue weighted by atomic mass is 19.4. The minimum atomic E-state index is -4.30. The van der Waals surface area contributed by atoms with Gasteiger partial charge in [0.2, 0.25) is 0 Å². The van der Waals surface area contributed by atoms with Crippen molar-refractivity contribution in [2.45, 2.75) is 20.0 Å². The van der Waals surface area contributed by atoms with Crippen LogP contribution in [0.2, 0.25) is 0 Å². The van der Waals surface area contributed by atoms with Crippen LogP contribution in [0.4, 0.5) is 13.2 Å². The van der Waals surface area contributed by atoms with Crippen molar-refractivity contribution in [2.75, 3.05) is 0 Å². The van der Waals surface area contributed by atoms with Crippen LogP contribution in [0, 0.1) is 13.8 Å². The first-order valence-electron chi connectivity index (χ1n) is 5.63. The van der Waals surface area contributed by atoms with E-state index in [2.05, 4.69) is 0 Å². The van der Waals surface area contributed by atoms with Crippen molar-refractivity contribution in [3.8, 4) is 11.1 Å². The second kappa shape index (κ2) is 4.48. The van der Waals surface area contributed by atoms with Gasteiger partial charge in [-0.3, -0.25) is 0 Å². The molecule has 0 heterocycles. The van der Waals surface area contributed by atoms with Crippen molar-refractivity contribution in [3.05, 3.63) is 59.2 Å². The molecule has 0 N–H and O–H groups in total. The molecule has 0 aliphatic carbocycles. The fourth-order valence-corrected chi connectivity index (χ4v) is 2.12. The zero-order valence-corrected chi connectivity index (χ0v) is 10.2. The molecule has 18 heavy (non-hydrogen) atoms. The van der Waals surface area contributed by atoms with Crippen LogP contribution in [0.5, 0.6) is 0 Å². The van der Waals surface area contributed by atoms with Gasteiger partial charge in [-0.2, -0.15) is 13.2 Å². The summed E-state index contributed by atoms with van der Waals surface area (Å²) in [7, 11) is 0. The molecule has 0 nitrogen and oxygen atoms in total. The Hall–Kier alpha value is -1.77. The number of alkyl halides is 3. The van der Waals surface area contributed by atoms with Crippen molar-refractivity contribution in [2.24, 2.45) is 0 Å². The maximum atomic E-state index is 12.7. The summed E-state index contributed by atoms with van der Waals surface area (Å²) in [5.41, 5.74) is 2.84. The highest BCUT2D eigenvalue weighted by Crippen LogP contribution is 2.34. The van der Waals surface area contributed by atoms with Crippen LogP contribution in [0.15, 0.2) is 42.5 Å². The Balaban J connectivity index is 2.59. The quantitative estimate of drug-likeness (QED) is 0.669. The van der Waals surface area contributed by atoms with Gasteiger partial charge < -0.3 is 0 Å². The van der Waals surface area contributed by atoms with Gasteiger partial charge in [0.1, 0.15) is 0 Å². The molecule has 2 aromatic rings. The summed E-state index contributed by atoms with van der Waals surface area (Å²) in [4.78, 5) is 0. The fraction of sp³-hybridized carbons (Fsp3) is 0.200. The van der Waals surface area contributed by atoms with Gasteiger partial charge in [-0.15, -0.1) is 0 Å². The number of aryl methyl sites for hydroxylation is 2. The highest BCUT2D eigenvalue weighted by Gasteiger charge is 2.30. The summed E-state index contributed by atoms with van der Waals surface area (Å²) in [5, 5.41) is 0. The summed E-state index contributed by atoms with van der Waals surface area (Å²) in [6.45, 7) is 3.81. The molecule has 0 aliphatic rings. The molecule has 3 heteroatoms. The Labute approximate surface area is 104 Å². The minimum absolute atomic E-state index is 0.609. The predicted molar refractivity (Wildman–Crippen MR) is 66.4 cm³/mol. The first-order valence-corrected chi connectivity index (χ1v) is 5.63. The van der Waals surface area contributed by atoms with Crippen molar-refractivity contribution in [1.29, 1.82) is 0 Å². The van der Waals surface area contributed by atoms with Crippen LogP contribution < -0.4 is 0 Å². The molecule has 0 aromatic heterocycles. The molecule has 2 aromatic carbocycles. The molecule has 0 bridgehead atoms. The zero-order valence-electron chi connectivity index (χ0n) is 10.2. The molecule has 0 saturated heterocycles. The number of halogens is 3. The van der Waals surface area contributed by atoms with Gasteiger partial charge in [-0.1, -0.05) is 30.3 Å².